The van der Waals surface area contributed by atoms with E-state index in [1.807, 2.05) is 0 Å². The van der Waals surface area contributed by atoms with Gasteiger partial charge in [0, 0.05) is 0 Å². The van der Waals surface area contributed by atoms with Crippen LogP contribution in [0, 0.1) is 29.1 Å². The van der Waals surface area contributed by atoms with Crippen molar-refractivity contribution >= 4 is 14.1 Å². The number of Topliss-reactive ketones (excluding diaryl/α,β-unsaturated/α-hetero) is 1. The fraction of sp³-hybridized carbons (Fsp3) is 0.500. The third-order valence-electron chi connectivity index (χ3n) is 4.09. The third-order valence-corrected chi connectivity index (χ3v) is 9.04. The second-order valence-electron chi connectivity index (χ2n) is 5.98. The summed E-state index contributed by atoms with van der Waals surface area (Å²) in [5.74, 6) is -12.8. The van der Waals surface area contributed by atoms with E-state index in [4.69, 9.17) is 5.73 Å². The minimum atomic E-state index is -3.59. The number of carbonyl (C=O) groups is 1. The zero-order valence-corrected chi connectivity index (χ0v) is 14.1. The average Bonchev–Trinajstić information content (AvgIpc) is 2.48. The largest absolute Gasteiger partial charge is 0.429 e. The zero-order valence-electron chi connectivity index (χ0n) is 13.1. The van der Waals surface area contributed by atoms with Crippen LogP contribution >= 0.6 is 0 Å². The summed E-state index contributed by atoms with van der Waals surface area (Å²) in [6, 6.07) is 0. The first kappa shape index (κ1) is 19.7. The summed E-state index contributed by atoms with van der Waals surface area (Å²) in [7, 11) is -3.59. The van der Waals surface area contributed by atoms with Crippen molar-refractivity contribution in [3.63, 3.8) is 0 Å². The Morgan fingerprint density at radius 1 is 0.870 bits per heavy atom. The Balaban J connectivity index is 3.52. The van der Waals surface area contributed by atoms with Gasteiger partial charge in [-0.05, 0) is 11.1 Å². The van der Waals surface area contributed by atoms with Crippen LogP contribution in [0.2, 0.25) is 11.1 Å². The van der Waals surface area contributed by atoms with Crippen LogP contribution in [0.25, 0.3) is 0 Å². The number of ketones is 1. The van der Waals surface area contributed by atoms with E-state index in [0.29, 0.717) is 0 Å². The minimum absolute atomic E-state index is 0.470. The maximum Gasteiger partial charge on any atom is 0.217 e. The number of carbonyl (C=O) groups excluding carboxylic acids is 1. The molecule has 3 N–H and O–H groups in total. The Hall–Kier alpha value is -1.32. The summed E-state index contributed by atoms with van der Waals surface area (Å²) in [6.07, 6.45) is 0. The zero-order chi connectivity index (χ0) is 18.3. The van der Waals surface area contributed by atoms with E-state index in [1.165, 1.54) is 0 Å². The van der Waals surface area contributed by atoms with Crippen molar-refractivity contribution in [3.05, 3.63) is 34.6 Å². The molecule has 0 amide bonds. The van der Waals surface area contributed by atoms with Crippen molar-refractivity contribution in [2.45, 2.75) is 44.4 Å². The van der Waals surface area contributed by atoms with Crippen molar-refractivity contribution < 1.29 is 31.5 Å². The number of benzene rings is 1. The summed E-state index contributed by atoms with van der Waals surface area (Å²) < 4.78 is 67.0. The molecule has 0 radical (unpaired) electrons. The second kappa shape index (κ2) is 6.66. The lowest BCUT2D eigenvalue weighted by Crippen LogP contribution is -2.61. The van der Waals surface area contributed by atoms with E-state index in [-0.39, 0.29) is 0 Å². The fourth-order valence-corrected chi connectivity index (χ4v) is 5.91. The number of hydrogen-bond donors (Lipinski definition) is 2. The number of nitrogens with two attached hydrogens (primary N) is 1. The molecule has 1 aromatic rings. The van der Waals surface area contributed by atoms with Gasteiger partial charge in [-0.25, -0.2) is 22.0 Å². The SMILES string of the molecule is CC(C)[Si](O)(C(C)C)C(N)C(=O)c1c(F)c(F)c(F)c(F)c1F. The Bertz CT molecular complexity index is 599. The highest BCUT2D eigenvalue weighted by atomic mass is 28.4. The minimum Gasteiger partial charge on any atom is -0.429 e. The summed E-state index contributed by atoms with van der Waals surface area (Å²) in [5.41, 5.74) is 1.42. The van der Waals surface area contributed by atoms with Crippen molar-refractivity contribution in [3.8, 4) is 0 Å². The van der Waals surface area contributed by atoms with E-state index >= 15 is 0 Å². The standard InChI is InChI=1S/C14H18F5NO2Si/c1-5(2)23(22,6(3)4)14(20)13(21)7-8(15)10(17)12(19)11(18)9(7)16/h5-6,14,22H,20H2,1-4H3. The molecule has 1 unspecified atom stereocenters. The lowest BCUT2D eigenvalue weighted by Gasteiger charge is -2.37. The summed E-state index contributed by atoms with van der Waals surface area (Å²) in [5, 5.41) is 0. The van der Waals surface area contributed by atoms with Crippen LogP contribution in [0.15, 0.2) is 0 Å². The topological polar surface area (TPSA) is 63.3 Å². The van der Waals surface area contributed by atoms with Gasteiger partial charge >= 0.3 is 0 Å². The molecule has 130 valence electrons. The third kappa shape index (κ3) is 3.04. The van der Waals surface area contributed by atoms with E-state index in [1.54, 1.807) is 27.7 Å². The van der Waals surface area contributed by atoms with Gasteiger partial charge in [0.25, 0.3) is 0 Å². The Morgan fingerprint density at radius 3 is 1.48 bits per heavy atom. The molecule has 0 aliphatic rings. The van der Waals surface area contributed by atoms with Crippen molar-refractivity contribution in [2.24, 2.45) is 5.73 Å². The van der Waals surface area contributed by atoms with Crippen LogP contribution < -0.4 is 5.73 Å². The molecule has 0 spiro atoms. The normalized spacial score (nSPS) is 13.8. The lowest BCUT2D eigenvalue weighted by atomic mass is 10.1. The van der Waals surface area contributed by atoms with Crippen molar-refractivity contribution in [2.75, 3.05) is 0 Å². The van der Waals surface area contributed by atoms with E-state index in [0.717, 1.165) is 0 Å². The summed E-state index contributed by atoms with van der Waals surface area (Å²) >= 11 is 0. The molecule has 23 heavy (non-hydrogen) atoms. The summed E-state index contributed by atoms with van der Waals surface area (Å²) in [4.78, 5) is 23.0. The Labute approximate surface area is 131 Å². The van der Waals surface area contributed by atoms with Crippen LogP contribution in [0.3, 0.4) is 0 Å². The molecular weight excluding hydrogens is 337 g/mol. The molecule has 0 aromatic heterocycles. The lowest BCUT2D eigenvalue weighted by molar-refractivity contribution is 0.0966. The number of rotatable bonds is 5. The second-order valence-corrected chi connectivity index (χ2v) is 10.7. The average molecular weight is 355 g/mol. The first-order chi connectivity index (χ1) is 10.4. The number of hydrogen-bond acceptors (Lipinski definition) is 3. The highest BCUT2D eigenvalue weighted by Gasteiger charge is 2.49. The molecule has 0 saturated heterocycles. The first-order valence-electron chi connectivity index (χ1n) is 6.92. The maximum absolute atomic E-state index is 13.7. The predicted octanol–water partition coefficient (Wildman–Crippen LogP) is 3.19. The van der Waals surface area contributed by atoms with Gasteiger partial charge in [0.1, 0.15) is 0 Å². The first-order valence-corrected chi connectivity index (χ1v) is 9.10. The molecule has 1 rings (SSSR count). The summed E-state index contributed by atoms with van der Waals surface area (Å²) in [6.45, 7) is 6.33. The molecule has 0 saturated carbocycles. The van der Waals surface area contributed by atoms with Gasteiger partial charge in [-0.15, -0.1) is 0 Å². The fourth-order valence-electron chi connectivity index (χ4n) is 2.57. The molecule has 0 fully saturated rings. The van der Waals surface area contributed by atoms with Crippen molar-refractivity contribution in [1.29, 1.82) is 0 Å². The van der Waals surface area contributed by atoms with Crippen molar-refractivity contribution in [1.82, 2.24) is 0 Å². The molecule has 1 aromatic carbocycles. The van der Waals surface area contributed by atoms with Gasteiger partial charge in [0.2, 0.25) is 14.1 Å². The van der Waals surface area contributed by atoms with Crippen LogP contribution in [-0.4, -0.2) is 24.6 Å². The molecular formula is C14H18F5NO2Si. The number of halogens is 5. The van der Waals surface area contributed by atoms with Crippen LogP contribution in [-0.2, 0) is 0 Å². The molecule has 0 aliphatic heterocycles. The van der Waals surface area contributed by atoms with E-state index in [2.05, 4.69) is 0 Å². The monoisotopic (exact) mass is 355 g/mol. The maximum atomic E-state index is 13.7. The quantitative estimate of drug-likeness (QED) is 0.280. The van der Waals surface area contributed by atoms with Gasteiger partial charge in [-0.2, -0.15) is 0 Å². The smallest absolute Gasteiger partial charge is 0.217 e. The Kier molecular flexibility index (Phi) is 5.71. The van der Waals surface area contributed by atoms with Gasteiger partial charge in [0.15, 0.2) is 29.1 Å². The molecule has 0 heterocycles. The molecule has 0 aliphatic carbocycles. The van der Waals surface area contributed by atoms with Crippen LogP contribution in [0.5, 0.6) is 0 Å². The van der Waals surface area contributed by atoms with Gasteiger partial charge in [0.05, 0.1) is 11.2 Å². The Morgan fingerprint density at radius 2 is 1.17 bits per heavy atom. The molecule has 1 atom stereocenters. The van der Waals surface area contributed by atoms with Crippen LogP contribution in [0.4, 0.5) is 22.0 Å². The highest BCUT2D eigenvalue weighted by Crippen LogP contribution is 2.34. The van der Waals surface area contributed by atoms with Gasteiger partial charge < -0.3 is 10.5 Å². The van der Waals surface area contributed by atoms with E-state index < -0.39 is 65.5 Å². The van der Waals surface area contributed by atoms with E-state index in [9.17, 15) is 31.5 Å². The molecule has 0 bridgehead atoms. The van der Waals surface area contributed by atoms with Gasteiger partial charge in [-0.3, -0.25) is 4.79 Å². The molecule has 9 heteroatoms. The van der Waals surface area contributed by atoms with Gasteiger partial charge in [-0.1, -0.05) is 27.7 Å². The molecule has 3 nitrogen and oxygen atoms in total. The van der Waals surface area contributed by atoms with Crippen LogP contribution in [0.1, 0.15) is 38.1 Å². The highest BCUT2D eigenvalue weighted by molar-refractivity contribution is 6.80. The predicted molar refractivity (Wildman–Crippen MR) is 76.7 cm³/mol.